The van der Waals surface area contributed by atoms with E-state index in [-0.39, 0.29) is 11.2 Å². The van der Waals surface area contributed by atoms with Crippen LogP contribution < -0.4 is 5.32 Å². The first-order valence-electron chi connectivity index (χ1n) is 8.16. The summed E-state index contributed by atoms with van der Waals surface area (Å²) >= 11 is 7.61. The van der Waals surface area contributed by atoms with Crippen LogP contribution in [0.25, 0.3) is 10.9 Å². The molecule has 1 N–H and O–H groups in total. The topological polar surface area (TPSA) is 42.0 Å². The van der Waals surface area contributed by atoms with Crippen LogP contribution in [0.4, 0.5) is 5.69 Å². The van der Waals surface area contributed by atoms with Gasteiger partial charge in [0.05, 0.1) is 15.8 Å². The number of benzene rings is 2. The lowest BCUT2D eigenvalue weighted by Crippen LogP contribution is -2.24. The summed E-state index contributed by atoms with van der Waals surface area (Å²) < 4.78 is 0. The summed E-state index contributed by atoms with van der Waals surface area (Å²) in [7, 11) is 0. The molecule has 1 aromatic heterocycles. The Kier molecular flexibility index (Phi) is 5.61. The van der Waals surface area contributed by atoms with E-state index in [0.717, 1.165) is 21.5 Å². The van der Waals surface area contributed by atoms with Crippen LogP contribution in [0, 0.1) is 6.92 Å². The van der Waals surface area contributed by atoms with E-state index in [2.05, 4.69) is 10.3 Å². The summed E-state index contributed by atoms with van der Waals surface area (Å²) in [6.45, 7) is 3.93. The molecular formula is C20H19ClN2OS. The van der Waals surface area contributed by atoms with Gasteiger partial charge in [0.25, 0.3) is 0 Å². The van der Waals surface area contributed by atoms with Crippen molar-refractivity contribution in [3.63, 3.8) is 0 Å². The molecule has 1 heterocycles. The molecule has 0 saturated heterocycles. The minimum Gasteiger partial charge on any atom is -0.325 e. The number of thioether (sulfide) groups is 1. The fourth-order valence-electron chi connectivity index (χ4n) is 2.47. The zero-order valence-corrected chi connectivity index (χ0v) is 15.7. The number of nitrogens with zero attached hydrogens (tertiary/aromatic N) is 1. The Labute approximate surface area is 156 Å². The third-order valence-electron chi connectivity index (χ3n) is 3.94. The fourth-order valence-corrected chi connectivity index (χ4v) is 3.58. The summed E-state index contributed by atoms with van der Waals surface area (Å²) in [5.41, 5.74) is 2.64. The second-order valence-corrected chi connectivity index (χ2v) is 7.44. The zero-order valence-electron chi connectivity index (χ0n) is 14.1. The van der Waals surface area contributed by atoms with E-state index in [4.69, 9.17) is 11.6 Å². The number of rotatable bonds is 5. The first-order valence-corrected chi connectivity index (χ1v) is 9.42. The van der Waals surface area contributed by atoms with Gasteiger partial charge in [-0.1, -0.05) is 60.6 Å². The number of carbonyl (C=O) groups excluding carboxylic acids is 1. The monoisotopic (exact) mass is 370 g/mol. The highest BCUT2D eigenvalue weighted by Crippen LogP contribution is 2.27. The summed E-state index contributed by atoms with van der Waals surface area (Å²) in [5.74, 6) is -0.0395. The third kappa shape index (κ3) is 4.33. The maximum absolute atomic E-state index is 12.6. The van der Waals surface area contributed by atoms with Gasteiger partial charge < -0.3 is 5.32 Å². The van der Waals surface area contributed by atoms with E-state index in [1.165, 1.54) is 11.8 Å². The number of pyridine rings is 1. The Morgan fingerprint density at radius 2 is 2.00 bits per heavy atom. The fraction of sp³-hybridized carbons (Fsp3) is 0.200. The second-order valence-electron chi connectivity index (χ2n) is 5.81. The maximum Gasteiger partial charge on any atom is 0.237 e. The second kappa shape index (κ2) is 7.89. The predicted octanol–water partition coefficient (Wildman–Crippen LogP) is 5.71. The molecule has 0 aliphatic heterocycles. The quantitative estimate of drug-likeness (QED) is 0.585. The first-order chi connectivity index (χ1) is 12.1. The summed E-state index contributed by atoms with van der Waals surface area (Å²) in [6, 6.07) is 17.5. The van der Waals surface area contributed by atoms with Crippen molar-refractivity contribution in [2.45, 2.75) is 30.5 Å². The van der Waals surface area contributed by atoms with Crippen LogP contribution in [0.5, 0.6) is 0 Å². The number of anilines is 1. The standard InChI is InChI=1S/C20H19ClN2OS/c1-3-18(20(24)22-15-10-8-13(2)16(21)12-15)25-19-11-9-14-6-4-5-7-17(14)23-19/h4-12,18H,3H2,1-2H3,(H,22,24). The molecule has 0 aliphatic carbocycles. The number of para-hydroxylation sites is 1. The Hall–Kier alpha value is -2.04. The van der Waals surface area contributed by atoms with Crippen molar-refractivity contribution in [3.8, 4) is 0 Å². The average Bonchev–Trinajstić information content (AvgIpc) is 2.62. The van der Waals surface area contributed by atoms with Crippen LogP contribution in [0.15, 0.2) is 59.6 Å². The van der Waals surface area contributed by atoms with Gasteiger partial charge in [0.15, 0.2) is 0 Å². The number of hydrogen-bond donors (Lipinski definition) is 1. The van der Waals surface area contributed by atoms with E-state index in [9.17, 15) is 4.79 Å². The highest BCUT2D eigenvalue weighted by atomic mass is 35.5. The van der Waals surface area contributed by atoms with Crippen LogP contribution in [-0.4, -0.2) is 16.1 Å². The average molecular weight is 371 g/mol. The van der Waals surface area contributed by atoms with E-state index < -0.39 is 0 Å². The van der Waals surface area contributed by atoms with Crippen molar-refractivity contribution < 1.29 is 4.79 Å². The normalized spacial score (nSPS) is 12.1. The molecule has 0 bridgehead atoms. The molecule has 3 aromatic rings. The van der Waals surface area contributed by atoms with E-state index in [1.807, 2.05) is 62.4 Å². The number of fused-ring (bicyclic) bond motifs is 1. The number of halogens is 1. The van der Waals surface area contributed by atoms with Crippen molar-refractivity contribution in [1.29, 1.82) is 0 Å². The molecule has 25 heavy (non-hydrogen) atoms. The highest BCUT2D eigenvalue weighted by molar-refractivity contribution is 8.00. The van der Waals surface area contributed by atoms with Crippen molar-refractivity contribution in [3.05, 3.63) is 65.2 Å². The van der Waals surface area contributed by atoms with Crippen molar-refractivity contribution in [1.82, 2.24) is 4.98 Å². The minimum atomic E-state index is -0.214. The molecular weight excluding hydrogens is 352 g/mol. The summed E-state index contributed by atoms with van der Waals surface area (Å²) in [6.07, 6.45) is 0.713. The van der Waals surface area contributed by atoms with Gasteiger partial charge in [0, 0.05) is 16.1 Å². The molecule has 0 saturated carbocycles. The van der Waals surface area contributed by atoms with Gasteiger partial charge in [-0.2, -0.15) is 0 Å². The minimum absolute atomic E-state index is 0.0395. The number of aryl methyl sites for hydroxylation is 1. The molecule has 5 heteroatoms. The van der Waals surface area contributed by atoms with Gasteiger partial charge in [-0.25, -0.2) is 4.98 Å². The summed E-state index contributed by atoms with van der Waals surface area (Å²) in [4.78, 5) is 17.2. The number of amides is 1. The van der Waals surface area contributed by atoms with Crippen LogP contribution in [0.3, 0.4) is 0 Å². The molecule has 2 aromatic carbocycles. The largest absolute Gasteiger partial charge is 0.325 e. The molecule has 1 unspecified atom stereocenters. The first kappa shape index (κ1) is 17.8. The number of carbonyl (C=O) groups is 1. The SMILES string of the molecule is CCC(Sc1ccc2ccccc2n1)C(=O)Nc1ccc(C)c(Cl)c1. The van der Waals surface area contributed by atoms with E-state index in [0.29, 0.717) is 17.1 Å². The molecule has 1 amide bonds. The lowest BCUT2D eigenvalue weighted by molar-refractivity contribution is -0.115. The maximum atomic E-state index is 12.6. The molecule has 0 fully saturated rings. The summed E-state index contributed by atoms with van der Waals surface area (Å²) in [5, 5.41) is 5.33. The van der Waals surface area contributed by atoms with Crippen LogP contribution in [0.1, 0.15) is 18.9 Å². The molecule has 0 radical (unpaired) electrons. The molecule has 1 atom stereocenters. The van der Waals surface area contributed by atoms with Gasteiger partial charge in [-0.15, -0.1) is 0 Å². The molecule has 0 aliphatic rings. The predicted molar refractivity (Wildman–Crippen MR) is 106 cm³/mol. The molecule has 3 rings (SSSR count). The molecule has 128 valence electrons. The number of aromatic nitrogens is 1. The van der Waals surface area contributed by atoms with Gasteiger partial charge in [0.1, 0.15) is 0 Å². The smallest absolute Gasteiger partial charge is 0.237 e. The lowest BCUT2D eigenvalue weighted by Gasteiger charge is -2.15. The van der Waals surface area contributed by atoms with Gasteiger partial charge in [-0.3, -0.25) is 4.79 Å². The van der Waals surface area contributed by atoms with E-state index >= 15 is 0 Å². The van der Waals surface area contributed by atoms with Crippen LogP contribution >= 0.6 is 23.4 Å². The van der Waals surface area contributed by atoms with Crippen molar-refractivity contribution in [2.24, 2.45) is 0 Å². The Bertz CT molecular complexity index is 913. The number of hydrogen-bond acceptors (Lipinski definition) is 3. The number of nitrogens with one attached hydrogen (secondary N) is 1. The van der Waals surface area contributed by atoms with Crippen LogP contribution in [0.2, 0.25) is 5.02 Å². The molecule has 3 nitrogen and oxygen atoms in total. The Balaban J connectivity index is 1.73. The Morgan fingerprint density at radius 1 is 1.20 bits per heavy atom. The van der Waals surface area contributed by atoms with Crippen molar-refractivity contribution in [2.75, 3.05) is 5.32 Å². The van der Waals surface area contributed by atoms with Crippen molar-refractivity contribution >= 4 is 45.9 Å². The highest BCUT2D eigenvalue weighted by Gasteiger charge is 2.19. The van der Waals surface area contributed by atoms with Crippen LogP contribution in [-0.2, 0) is 4.79 Å². The lowest BCUT2D eigenvalue weighted by atomic mass is 10.2. The van der Waals surface area contributed by atoms with Gasteiger partial charge >= 0.3 is 0 Å². The Morgan fingerprint density at radius 3 is 2.76 bits per heavy atom. The van der Waals surface area contributed by atoms with Gasteiger partial charge in [0.2, 0.25) is 5.91 Å². The van der Waals surface area contributed by atoms with E-state index in [1.54, 1.807) is 6.07 Å². The van der Waals surface area contributed by atoms with Gasteiger partial charge in [-0.05, 0) is 43.2 Å². The molecule has 0 spiro atoms. The third-order valence-corrected chi connectivity index (χ3v) is 5.65. The zero-order chi connectivity index (χ0) is 17.8.